The lowest BCUT2D eigenvalue weighted by Gasteiger charge is -2.25. The van der Waals surface area contributed by atoms with Gasteiger partial charge in [-0.2, -0.15) is 5.26 Å². The number of amides is 1. The lowest BCUT2D eigenvalue weighted by atomic mass is 9.93. The number of hydrogen-bond acceptors (Lipinski definition) is 3. The van der Waals surface area contributed by atoms with Gasteiger partial charge in [0.1, 0.15) is 12.0 Å². The van der Waals surface area contributed by atoms with E-state index < -0.39 is 5.54 Å². The molecule has 1 aromatic carbocycles. The lowest BCUT2D eigenvalue weighted by Crippen LogP contribution is -2.40. The van der Waals surface area contributed by atoms with Gasteiger partial charge < -0.3 is 9.73 Å². The molecule has 18 heavy (non-hydrogen) atoms. The van der Waals surface area contributed by atoms with Crippen LogP contribution in [0.4, 0.5) is 0 Å². The number of fused-ring (bicyclic) bond motifs is 1. The summed E-state index contributed by atoms with van der Waals surface area (Å²) in [6.45, 7) is 3.78. The number of carbonyl (C=O) groups is 1. The lowest BCUT2D eigenvalue weighted by molar-refractivity contribution is -0.121. The van der Waals surface area contributed by atoms with Gasteiger partial charge in [-0.1, -0.05) is 18.2 Å². The number of furan rings is 1. The highest BCUT2D eigenvalue weighted by Gasteiger charge is 2.26. The predicted molar refractivity (Wildman–Crippen MR) is 67.6 cm³/mol. The van der Waals surface area contributed by atoms with Crippen LogP contribution >= 0.6 is 0 Å². The van der Waals surface area contributed by atoms with E-state index >= 15 is 0 Å². The third kappa shape index (κ3) is 2.21. The quantitative estimate of drug-likeness (QED) is 0.899. The molecule has 0 fully saturated rings. The highest BCUT2D eigenvalue weighted by atomic mass is 16.3. The molecule has 0 aliphatic heterocycles. The standard InChI is InChI=1S/C14H14N2O2/c1-14(2,16-13(17)7-8-15)11-9-18-12-6-4-3-5-10(11)12/h3-6,9H,7H2,1-2H3,(H,16,17). The molecule has 1 heterocycles. The van der Waals surface area contributed by atoms with E-state index in [2.05, 4.69) is 5.32 Å². The second-order valence-electron chi connectivity index (χ2n) is 4.65. The van der Waals surface area contributed by atoms with Crippen LogP contribution in [0.1, 0.15) is 25.8 Å². The molecular weight excluding hydrogens is 228 g/mol. The molecule has 0 saturated carbocycles. The first-order chi connectivity index (χ1) is 8.54. The van der Waals surface area contributed by atoms with E-state index in [0.29, 0.717) is 0 Å². The van der Waals surface area contributed by atoms with Crippen molar-refractivity contribution in [3.63, 3.8) is 0 Å². The summed E-state index contributed by atoms with van der Waals surface area (Å²) >= 11 is 0. The average Bonchev–Trinajstić information content (AvgIpc) is 2.72. The summed E-state index contributed by atoms with van der Waals surface area (Å²) in [6, 6.07) is 9.49. The summed E-state index contributed by atoms with van der Waals surface area (Å²) in [4.78, 5) is 11.5. The van der Waals surface area contributed by atoms with Crippen LogP contribution < -0.4 is 5.32 Å². The van der Waals surface area contributed by atoms with E-state index in [9.17, 15) is 4.79 Å². The maximum atomic E-state index is 11.5. The fourth-order valence-corrected chi connectivity index (χ4v) is 1.99. The van der Waals surface area contributed by atoms with E-state index in [1.54, 1.807) is 6.26 Å². The molecule has 4 nitrogen and oxygen atoms in total. The molecule has 0 atom stereocenters. The molecule has 4 heteroatoms. The second kappa shape index (κ2) is 4.53. The van der Waals surface area contributed by atoms with E-state index in [1.807, 2.05) is 44.2 Å². The molecular formula is C14H14N2O2. The Labute approximate surface area is 105 Å². The number of benzene rings is 1. The number of nitriles is 1. The van der Waals surface area contributed by atoms with Crippen molar-refractivity contribution in [1.29, 1.82) is 5.26 Å². The molecule has 1 N–H and O–H groups in total. The molecule has 2 rings (SSSR count). The highest BCUT2D eigenvalue weighted by Crippen LogP contribution is 2.30. The monoisotopic (exact) mass is 242 g/mol. The molecule has 0 saturated heterocycles. The Morgan fingerprint density at radius 2 is 2.17 bits per heavy atom. The van der Waals surface area contributed by atoms with E-state index in [4.69, 9.17) is 9.68 Å². The fraction of sp³-hybridized carbons (Fsp3) is 0.286. The van der Waals surface area contributed by atoms with Crippen LogP contribution in [0.2, 0.25) is 0 Å². The van der Waals surface area contributed by atoms with Gasteiger partial charge in [-0.3, -0.25) is 4.79 Å². The zero-order valence-electron chi connectivity index (χ0n) is 10.4. The summed E-state index contributed by atoms with van der Waals surface area (Å²) in [6.07, 6.45) is 1.51. The Morgan fingerprint density at radius 3 is 2.89 bits per heavy atom. The van der Waals surface area contributed by atoms with Crippen molar-refractivity contribution in [2.24, 2.45) is 0 Å². The number of nitrogens with one attached hydrogen (secondary N) is 1. The Morgan fingerprint density at radius 1 is 1.44 bits per heavy atom. The van der Waals surface area contributed by atoms with Crippen LogP contribution in [0.5, 0.6) is 0 Å². The van der Waals surface area contributed by atoms with Crippen molar-refractivity contribution in [2.45, 2.75) is 25.8 Å². The van der Waals surface area contributed by atoms with Crippen molar-refractivity contribution in [3.8, 4) is 6.07 Å². The topological polar surface area (TPSA) is 66.0 Å². The summed E-state index contributed by atoms with van der Waals surface area (Å²) in [5.74, 6) is -0.284. The molecule has 0 unspecified atom stereocenters. The minimum Gasteiger partial charge on any atom is -0.464 e. The molecule has 0 bridgehead atoms. The van der Waals surface area contributed by atoms with Crippen LogP contribution in [-0.4, -0.2) is 5.91 Å². The maximum absolute atomic E-state index is 11.5. The van der Waals surface area contributed by atoms with Crippen molar-refractivity contribution in [2.75, 3.05) is 0 Å². The molecule has 0 aliphatic carbocycles. The van der Waals surface area contributed by atoms with Gasteiger partial charge in [-0.25, -0.2) is 0 Å². The zero-order chi connectivity index (χ0) is 13.2. The maximum Gasteiger partial charge on any atom is 0.234 e. The molecule has 0 aliphatic rings. The van der Waals surface area contributed by atoms with Gasteiger partial charge >= 0.3 is 0 Å². The first kappa shape index (κ1) is 12.2. The molecule has 0 spiro atoms. The number of rotatable bonds is 3. The smallest absolute Gasteiger partial charge is 0.234 e. The van der Waals surface area contributed by atoms with Gasteiger partial charge in [0.25, 0.3) is 0 Å². The zero-order valence-corrected chi connectivity index (χ0v) is 10.4. The van der Waals surface area contributed by atoms with Gasteiger partial charge in [0.05, 0.1) is 17.9 Å². The Kier molecular flexibility index (Phi) is 3.07. The van der Waals surface area contributed by atoms with Crippen LogP contribution in [-0.2, 0) is 10.3 Å². The molecule has 1 aromatic heterocycles. The number of carbonyl (C=O) groups excluding carboxylic acids is 1. The first-order valence-corrected chi connectivity index (χ1v) is 5.69. The Hall–Kier alpha value is -2.28. The second-order valence-corrected chi connectivity index (χ2v) is 4.65. The van der Waals surface area contributed by atoms with Crippen LogP contribution in [0.25, 0.3) is 11.0 Å². The van der Waals surface area contributed by atoms with E-state index in [-0.39, 0.29) is 12.3 Å². The summed E-state index contributed by atoms with van der Waals surface area (Å²) in [7, 11) is 0. The molecule has 1 amide bonds. The minimum atomic E-state index is -0.569. The fourth-order valence-electron chi connectivity index (χ4n) is 1.99. The third-order valence-corrected chi connectivity index (χ3v) is 2.85. The van der Waals surface area contributed by atoms with Crippen molar-refractivity contribution < 1.29 is 9.21 Å². The van der Waals surface area contributed by atoms with Crippen molar-refractivity contribution >= 4 is 16.9 Å². The molecule has 92 valence electrons. The van der Waals surface area contributed by atoms with Crippen LogP contribution in [0.3, 0.4) is 0 Å². The number of hydrogen-bond donors (Lipinski definition) is 1. The third-order valence-electron chi connectivity index (χ3n) is 2.85. The van der Waals surface area contributed by atoms with Gasteiger partial charge in [0, 0.05) is 10.9 Å². The Balaban J connectivity index is 2.35. The summed E-state index contributed by atoms with van der Waals surface area (Å²) in [5.41, 5.74) is 1.13. The highest BCUT2D eigenvalue weighted by molar-refractivity contribution is 5.84. The average molecular weight is 242 g/mol. The largest absolute Gasteiger partial charge is 0.464 e. The Bertz CT molecular complexity index is 620. The van der Waals surface area contributed by atoms with E-state index in [1.165, 1.54) is 0 Å². The van der Waals surface area contributed by atoms with E-state index in [0.717, 1.165) is 16.5 Å². The number of para-hydroxylation sites is 1. The van der Waals surface area contributed by atoms with Gasteiger partial charge in [0.15, 0.2) is 0 Å². The van der Waals surface area contributed by atoms with Gasteiger partial charge in [-0.05, 0) is 19.9 Å². The van der Waals surface area contributed by atoms with Crippen LogP contribution in [0.15, 0.2) is 34.9 Å². The minimum absolute atomic E-state index is 0.140. The SMILES string of the molecule is CC(C)(NC(=O)CC#N)c1coc2ccccc12. The van der Waals surface area contributed by atoms with Crippen molar-refractivity contribution in [1.82, 2.24) is 5.32 Å². The molecule has 0 radical (unpaired) electrons. The number of nitrogens with zero attached hydrogens (tertiary/aromatic N) is 1. The molecule has 2 aromatic rings. The van der Waals surface area contributed by atoms with Crippen molar-refractivity contribution in [3.05, 3.63) is 36.1 Å². The predicted octanol–water partition coefficient (Wildman–Crippen LogP) is 2.70. The van der Waals surface area contributed by atoms with Gasteiger partial charge in [0.2, 0.25) is 5.91 Å². The first-order valence-electron chi connectivity index (χ1n) is 5.69. The van der Waals surface area contributed by atoms with Crippen LogP contribution in [0, 0.1) is 11.3 Å². The summed E-state index contributed by atoms with van der Waals surface area (Å²) < 4.78 is 5.46. The van der Waals surface area contributed by atoms with Gasteiger partial charge in [-0.15, -0.1) is 0 Å². The normalized spacial score (nSPS) is 11.2. The summed E-state index contributed by atoms with van der Waals surface area (Å²) in [5, 5.41) is 12.3.